The second-order valence-electron chi connectivity index (χ2n) is 9.09. The number of aromatic nitrogens is 2. The maximum Gasteiger partial charge on any atom is 0.252 e. The number of imidazole rings is 1. The Kier molecular flexibility index (Phi) is 8.73. The number of fused-ring (bicyclic) bond motifs is 1. The van der Waals surface area contributed by atoms with Crippen LogP contribution in [0, 0.1) is 6.92 Å². The summed E-state index contributed by atoms with van der Waals surface area (Å²) in [6.07, 6.45) is 1.80. The Morgan fingerprint density at radius 3 is 2.37 bits per heavy atom. The van der Waals surface area contributed by atoms with Crippen LogP contribution in [-0.2, 0) is 6.54 Å². The standard InChI is InChI=1S/C30H35N3O5/c1-20-11-10-12-23(17-20)38-16-9-8-15-33-25-14-7-6-13-24(25)32-29(33)21(2)31-30(34)22-18-26(35-3)28(37-5)27(19-22)36-4/h6-7,10-14,17-19,21H,8-9,15-16H2,1-5H3,(H,31,34). The number of nitrogens with zero attached hydrogens (tertiary/aromatic N) is 2. The molecule has 1 unspecified atom stereocenters. The first-order chi connectivity index (χ1) is 18.4. The molecule has 8 nitrogen and oxygen atoms in total. The molecule has 1 N–H and O–H groups in total. The van der Waals surface area contributed by atoms with Crippen LogP contribution >= 0.6 is 0 Å². The largest absolute Gasteiger partial charge is 0.494 e. The highest BCUT2D eigenvalue weighted by atomic mass is 16.5. The molecule has 1 heterocycles. The van der Waals surface area contributed by atoms with Crippen molar-refractivity contribution in [1.29, 1.82) is 0 Å². The molecule has 0 saturated carbocycles. The number of para-hydroxylation sites is 2. The highest BCUT2D eigenvalue weighted by molar-refractivity contribution is 5.96. The van der Waals surface area contributed by atoms with Crippen molar-refractivity contribution in [3.05, 3.63) is 77.6 Å². The molecule has 1 amide bonds. The third-order valence-corrected chi connectivity index (χ3v) is 6.38. The van der Waals surface area contributed by atoms with E-state index in [9.17, 15) is 4.79 Å². The van der Waals surface area contributed by atoms with Crippen molar-refractivity contribution in [2.24, 2.45) is 0 Å². The maximum absolute atomic E-state index is 13.2. The fourth-order valence-electron chi connectivity index (χ4n) is 4.48. The van der Waals surface area contributed by atoms with E-state index in [0.29, 0.717) is 29.4 Å². The predicted octanol–water partition coefficient (Wildman–Crippen LogP) is 5.72. The van der Waals surface area contributed by atoms with E-state index in [1.54, 1.807) is 12.1 Å². The van der Waals surface area contributed by atoms with Crippen LogP contribution in [0.25, 0.3) is 11.0 Å². The van der Waals surface area contributed by atoms with Gasteiger partial charge in [-0.3, -0.25) is 4.79 Å². The van der Waals surface area contributed by atoms with E-state index in [1.165, 1.54) is 26.9 Å². The minimum atomic E-state index is -0.336. The molecule has 4 rings (SSSR count). The number of nitrogens with one attached hydrogen (secondary N) is 1. The highest BCUT2D eigenvalue weighted by Gasteiger charge is 2.21. The van der Waals surface area contributed by atoms with Gasteiger partial charge in [0.1, 0.15) is 11.6 Å². The fourth-order valence-corrected chi connectivity index (χ4v) is 4.48. The van der Waals surface area contributed by atoms with Crippen LogP contribution in [0.5, 0.6) is 23.0 Å². The quantitative estimate of drug-likeness (QED) is 0.242. The lowest BCUT2D eigenvalue weighted by Gasteiger charge is -2.18. The normalized spacial score (nSPS) is 11.7. The summed E-state index contributed by atoms with van der Waals surface area (Å²) in [6, 6.07) is 19.0. The van der Waals surface area contributed by atoms with Gasteiger partial charge in [-0.15, -0.1) is 0 Å². The van der Waals surface area contributed by atoms with Gasteiger partial charge in [0.2, 0.25) is 5.75 Å². The molecule has 0 radical (unpaired) electrons. The maximum atomic E-state index is 13.2. The summed E-state index contributed by atoms with van der Waals surface area (Å²) in [5, 5.41) is 3.08. The molecule has 38 heavy (non-hydrogen) atoms. The van der Waals surface area contributed by atoms with Gasteiger partial charge in [-0.2, -0.15) is 0 Å². The van der Waals surface area contributed by atoms with E-state index < -0.39 is 0 Å². The Balaban J connectivity index is 1.47. The SMILES string of the molecule is COc1cc(C(=O)NC(C)c2nc3ccccc3n2CCCCOc2cccc(C)c2)cc(OC)c1OC. The smallest absolute Gasteiger partial charge is 0.252 e. The average molecular weight is 518 g/mol. The summed E-state index contributed by atoms with van der Waals surface area (Å²) in [5.41, 5.74) is 3.52. The van der Waals surface area contributed by atoms with Crippen LogP contribution in [0.15, 0.2) is 60.7 Å². The highest BCUT2D eigenvalue weighted by Crippen LogP contribution is 2.38. The lowest BCUT2D eigenvalue weighted by Crippen LogP contribution is -2.29. The lowest BCUT2D eigenvalue weighted by atomic mass is 10.1. The minimum Gasteiger partial charge on any atom is -0.494 e. The lowest BCUT2D eigenvalue weighted by molar-refractivity contribution is 0.0936. The van der Waals surface area contributed by atoms with Crippen molar-refractivity contribution >= 4 is 16.9 Å². The number of methoxy groups -OCH3 is 3. The monoisotopic (exact) mass is 517 g/mol. The number of rotatable bonds is 12. The molecule has 0 aliphatic carbocycles. The molecule has 0 fully saturated rings. The Labute approximate surface area is 223 Å². The predicted molar refractivity (Wildman–Crippen MR) is 148 cm³/mol. The van der Waals surface area contributed by atoms with Crippen molar-refractivity contribution < 1.29 is 23.7 Å². The number of benzene rings is 3. The topological polar surface area (TPSA) is 83.8 Å². The molecule has 0 bridgehead atoms. The van der Waals surface area contributed by atoms with Gasteiger partial charge in [-0.05, 0) is 68.7 Å². The van der Waals surface area contributed by atoms with Crippen LogP contribution in [0.3, 0.4) is 0 Å². The van der Waals surface area contributed by atoms with E-state index in [4.69, 9.17) is 23.9 Å². The second-order valence-corrected chi connectivity index (χ2v) is 9.09. The van der Waals surface area contributed by atoms with Gasteiger partial charge >= 0.3 is 0 Å². The number of aryl methyl sites for hydroxylation is 2. The number of ether oxygens (including phenoxy) is 4. The first-order valence-corrected chi connectivity index (χ1v) is 12.7. The molecule has 0 saturated heterocycles. The molecule has 0 aliphatic heterocycles. The molecule has 8 heteroatoms. The van der Waals surface area contributed by atoms with Crippen molar-refractivity contribution in [3.63, 3.8) is 0 Å². The minimum absolute atomic E-state index is 0.262. The van der Waals surface area contributed by atoms with Crippen LogP contribution in [0.2, 0.25) is 0 Å². The van der Waals surface area contributed by atoms with Crippen molar-refractivity contribution in [2.75, 3.05) is 27.9 Å². The van der Waals surface area contributed by atoms with Gasteiger partial charge in [0.15, 0.2) is 11.5 Å². The molecule has 0 spiro atoms. The number of amides is 1. The molecule has 4 aromatic rings. The molecule has 200 valence electrons. The fraction of sp³-hybridized carbons (Fsp3) is 0.333. The van der Waals surface area contributed by atoms with Crippen LogP contribution in [0.4, 0.5) is 0 Å². The number of carbonyl (C=O) groups excluding carboxylic acids is 1. The summed E-state index contributed by atoms with van der Waals surface area (Å²) in [7, 11) is 4.58. The van der Waals surface area contributed by atoms with Crippen molar-refractivity contribution in [1.82, 2.24) is 14.9 Å². The molecule has 1 aromatic heterocycles. The van der Waals surface area contributed by atoms with Gasteiger partial charge < -0.3 is 28.8 Å². The Bertz CT molecular complexity index is 1370. The zero-order valence-electron chi connectivity index (χ0n) is 22.6. The van der Waals surface area contributed by atoms with E-state index >= 15 is 0 Å². The first-order valence-electron chi connectivity index (χ1n) is 12.7. The number of carbonyl (C=O) groups is 1. The third kappa shape index (κ3) is 6.02. The molecule has 0 aliphatic rings. The number of unbranched alkanes of at least 4 members (excludes halogenated alkanes) is 1. The summed E-state index contributed by atoms with van der Waals surface area (Å²) >= 11 is 0. The van der Waals surface area contributed by atoms with Gasteiger partial charge in [0, 0.05) is 12.1 Å². The van der Waals surface area contributed by atoms with E-state index in [2.05, 4.69) is 28.9 Å². The Morgan fingerprint density at radius 2 is 1.68 bits per heavy atom. The second kappa shape index (κ2) is 12.4. The van der Waals surface area contributed by atoms with Gasteiger partial charge in [-0.1, -0.05) is 24.3 Å². The summed E-state index contributed by atoms with van der Waals surface area (Å²) in [4.78, 5) is 18.1. The Hall–Kier alpha value is -4.20. The van der Waals surface area contributed by atoms with Crippen LogP contribution < -0.4 is 24.3 Å². The van der Waals surface area contributed by atoms with Gasteiger partial charge in [-0.25, -0.2) is 4.98 Å². The van der Waals surface area contributed by atoms with Gasteiger partial charge in [0.25, 0.3) is 5.91 Å². The molecule has 3 aromatic carbocycles. The van der Waals surface area contributed by atoms with Gasteiger partial charge in [0.05, 0.1) is 45.0 Å². The van der Waals surface area contributed by atoms with Crippen molar-refractivity contribution in [3.8, 4) is 23.0 Å². The summed E-state index contributed by atoms with van der Waals surface area (Å²) < 4.78 is 24.3. The first kappa shape index (κ1) is 26.9. The van der Waals surface area contributed by atoms with E-state index in [1.807, 2.05) is 43.3 Å². The van der Waals surface area contributed by atoms with Crippen LogP contribution in [0.1, 0.15) is 47.6 Å². The van der Waals surface area contributed by atoms with E-state index in [-0.39, 0.29) is 11.9 Å². The molecular weight excluding hydrogens is 482 g/mol. The zero-order chi connectivity index (χ0) is 27.1. The number of hydrogen-bond donors (Lipinski definition) is 1. The molecular formula is C30H35N3O5. The van der Waals surface area contributed by atoms with Crippen LogP contribution in [-0.4, -0.2) is 43.4 Å². The van der Waals surface area contributed by atoms with Crippen molar-refractivity contribution in [2.45, 2.75) is 39.3 Å². The summed E-state index contributed by atoms with van der Waals surface area (Å²) in [5.74, 6) is 2.71. The van der Waals surface area contributed by atoms with E-state index in [0.717, 1.165) is 42.0 Å². The number of hydrogen-bond acceptors (Lipinski definition) is 6. The Morgan fingerprint density at radius 1 is 0.947 bits per heavy atom. The average Bonchev–Trinajstić information content (AvgIpc) is 3.30. The molecule has 1 atom stereocenters. The zero-order valence-corrected chi connectivity index (χ0v) is 22.6. The summed E-state index contributed by atoms with van der Waals surface area (Å²) in [6.45, 7) is 5.39. The third-order valence-electron chi connectivity index (χ3n) is 6.38.